The Bertz CT molecular complexity index is 922. The van der Waals surface area contributed by atoms with E-state index in [1.54, 1.807) is 30.3 Å². The highest BCUT2D eigenvalue weighted by atomic mass is 19.1. The molecule has 0 aliphatic rings. The van der Waals surface area contributed by atoms with Crippen molar-refractivity contribution in [2.24, 2.45) is 5.92 Å². The molecule has 1 atom stereocenters. The average molecular weight is 394 g/mol. The first kappa shape index (κ1) is 20.6. The summed E-state index contributed by atoms with van der Waals surface area (Å²) in [7, 11) is 1.76. The molecule has 0 saturated carbocycles. The first-order valence-corrected chi connectivity index (χ1v) is 9.74. The summed E-state index contributed by atoms with van der Waals surface area (Å²) in [6.45, 7) is 5.20. The number of amides is 2. The minimum atomic E-state index is -0.285. The molecule has 0 fully saturated rings. The van der Waals surface area contributed by atoms with Gasteiger partial charge >= 0.3 is 6.03 Å². The van der Waals surface area contributed by atoms with Crippen molar-refractivity contribution in [3.63, 3.8) is 0 Å². The SMILES string of the molecule is CC(C)C(NC(=O)N(C)Cc1cnn(Cc2ccccc2)c1)c1ccc(F)cc1. The zero-order chi connectivity index (χ0) is 20.8. The van der Waals surface area contributed by atoms with E-state index in [4.69, 9.17) is 0 Å². The molecule has 0 aliphatic heterocycles. The largest absolute Gasteiger partial charge is 0.331 e. The van der Waals surface area contributed by atoms with Gasteiger partial charge < -0.3 is 10.2 Å². The first-order valence-electron chi connectivity index (χ1n) is 9.74. The lowest BCUT2D eigenvalue weighted by Crippen LogP contribution is -2.40. The van der Waals surface area contributed by atoms with Crippen molar-refractivity contribution >= 4 is 6.03 Å². The van der Waals surface area contributed by atoms with Gasteiger partial charge in [0.1, 0.15) is 5.82 Å². The minimum absolute atomic E-state index is 0.173. The normalized spacial score (nSPS) is 12.0. The zero-order valence-electron chi connectivity index (χ0n) is 17.0. The van der Waals surface area contributed by atoms with Crippen LogP contribution in [0, 0.1) is 11.7 Å². The van der Waals surface area contributed by atoms with E-state index in [-0.39, 0.29) is 23.8 Å². The molecule has 0 bridgehead atoms. The Balaban J connectivity index is 1.60. The van der Waals surface area contributed by atoms with Crippen LogP contribution in [0.25, 0.3) is 0 Å². The predicted molar refractivity (Wildman–Crippen MR) is 112 cm³/mol. The van der Waals surface area contributed by atoms with Crippen LogP contribution in [0.2, 0.25) is 0 Å². The molecule has 1 aromatic heterocycles. The van der Waals surface area contributed by atoms with Gasteiger partial charge in [-0.25, -0.2) is 9.18 Å². The lowest BCUT2D eigenvalue weighted by Gasteiger charge is -2.26. The number of halogens is 1. The molecule has 1 N–H and O–H groups in total. The van der Waals surface area contributed by atoms with Gasteiger partial charge in [-0.1, -0.05) is 56.3 Å². The van der Waals surface area contributed by atoms with Gasteiger partial charge in [0.2, 0.25) is 0 Å². The number of nitrogens with zero attached hydrogens (tertiary/aromatic N) is 3. The van der Waals surface area contributed by atoms with Crippen molar-refractivity contribution in [1.82, 2.24) is 20.0 Å². The minimum Gasteiger partial charge on any atom is -0.331 e. The van der Waals surface area contributed by atoms with Crippen LogP contribution >= 0.6 is 0 Å². The number of carbonyl (C=O) groups excluding carboxylic acids is 1. The van der Waals surface area contributed by atoms with E-state index in [9.17, 15) is 9.18 Å². The van der Waals surface area contributed by atoms with Gasteiger partial charge in [-0.05, 0) is 29.2 Å². The van der Waals surface area contributed by atoms with Crippen molar-refractivity contribution in [2.75, 3.05) is 7.05 Å². The van der Waals surface area contributed by atoms with Gasteiger partial charge in [0.15, 0.2) is 0 Å². The predicted octanol–water partition coefficient (Wildman–Crippen LogP) is 4.61. The van der Waals surface area contributed by atoms with Crippen LogP contribution in [0.1, 0.15) is 36.6 Å². The summed E-state index contributed by atoms with van der Waals surface area (Å²) in [5.41, 5.74) is 3.02. The highest BCUT2D eigenvalue weighted by Gasteiger charge is 2.20. The second kappa shape index (κ2) is 9.37. The van der Waals surface area contributed by atoms with Gasteiger partial charge in [-0.15, -0.1) is 0 Å². The fourth-order valence-electron chi connectivity index (χ4n) is 3.24. The summed E-state index contributed by atoms with van der Waals surface area (Å²) in [5, 5.41) is 7.45. The number of hydrogen-bond acceptors (Lipinski definition) is 2. The Morgan fingerprint density at radius 1 is 1.10 bits per heavy atom. The number of nitrogens with one attached hydrogen (secondary N) is 1. The monoisotopic (exact) mass is 394 g/mol. The van der Waals surface area contributed by atoms with Crippen LogP contribution in [0.3, 0.4) is 0 Å². The molecule has 3 aromatic rings. The van der Waals surface area contributed by atoms with Crippen LogP contribution in [0.4, 0.5) is 9.18 Å². The van der Waals surface area contributed by atoms with E-state index in [1.807, 2.05) is 42.9 Å². The fourth-order valence-corrected chi connectivity index (χ4v) is 3.24. The van der Waals surface area contributed by atoms with Gasteiger partial charge in [-0.2, -0.15) is 5.10 Å². The molecule has 29 heavy (non-hydrogen) atoms. The Morgan fingerprint density at radius 3 is 2.45 bits per heavy atom. The standard InChI is InChI=1S/C23H27FN4O/c1-17(2)22(20-9-11-21(24)12-10-20)26-23(29)27(3)14-19-13-25-28(16-19)15-18-7-5-4-6-8-18/h4-13,16-17,22H,14-15H2,1-3H3,(H,26,29). The summed E-state index contributed by atoms with van der Waals surface area (Å²) in [4.78, 5) is 14.3. The highest BCUT2D eigenvalue weighted by Crippen LogP contribution is 2.22. The van der Waals surface area contributed by atoms with Gasteiger partial charge in [-0.3, -0.25) is 4.68 Å². The average Bonchev–Trinajstić information content (AvgIpc) is 3.14. The number of hydrogen-bond donors (Lipinski definition) is 1. The van der Waals surface area contributed by atoms with Crippen LogP contribution in [0.5, 0.6) is 0 Å². The Morgan fingerprint density at radius 2 is 1.79 bits per heavy atom. The summed E-state index contributed by atoms with van der Waals surface area (Å²) >= 11 is 0. The zero-order valence-corrected chi connectivity index (χ0v) is 17.0. The Kier molecular flexibility index (Phi) is 6.65. The molecule has 1 heterocycles. The van der Waals surface area contributed by atoms with Crippen LogP contribution in [0.15, 0.2) is 67.0 Å². The van der Waals surface area contributed by atoms with E-state index in [0.29, 0.717) is 13.1 Å². The lowest BCUT2D eigenvalue weighted by molar-refractivity contribution is 0.199. The lowest BCUT2D eigenvalue weighted by atomic mass is 9.96. The fraction of sp³-hybridized carbons (Fsp3) is 0.304. The first-order chi connectivity index (χ1) is 13.9. The Labute approximate surface area is 171 Å². The molecular weight excluding hydrogens is 367 g/mol. The van der Waals surface area contributed by atoms with Crippen molar-refractivity contribution in [1.29, 1.82) is 0 Å². The molecule has 1 unspecified atom stereocenters. The van der Waals surface area contributed by atoms with Crippen molar-refractivity contribution < 1.29 is 9.18 Å². The Hall–Kier alpha value is -3.15. The molecule has 2 aromatic carbocycles. The van der Waals surface area contributed by atoms with Crippen molar-refractivity contribution in [3.8, 4) is 0 Å². The second-order valence-electron chi connectivity index (χ2n) is 7.61. The topological polar surface area (TPSA) is 50.2 Å². The summed E-state index contributed by atoms with van der Waals surface area (Å²) in [5.74, 6) is -0.112. The molecule has 0 spiro atoms. The molecule has 0 aliphatic carbocycles. The van der Waals surface area contributed by atoms with Gasteiger partial charge in [0, 0.05) is 18.8 Å². The molecule has 0 saturated heterocycles. The van der Waals surface area contributed by atoms with Crippen LogP contribution < -0.4 is 5.32 Å². The molecular formula is C23H27FN4O. The molecule has 152 valence electrons. The van der Waals surface area contributed by atoms with E-state index in [2.05, 4.69) is 22.5 Å². The summed E-state index contributed by atoms with van der Waals surface area (Å²) in [6.07, 6.45) is 3.74. The third kappa shape index (κ3) is 5.67. The number of benzene rings is 2. The maximum atomic E-state index is 13.2. The van der Waals surface area contributed by atoms with E-state index >= 15 is 0 Å². The maximum absolute atomic E-state index is 13.2. The van der Waals surface area contributed by atoms with Crippen molar-refractivity contribution in [3.05, 3.63) is 89.5 Å². The van der Waals surface area contributed by atoms with E-state index in [1.165, 1.54) is 17.7 Å². The molecule has 3 rings (SSSR count). The third-order valence-electron chi connectivity index (χ3n) is 4.82. The summed E-state index contributed by atoms with van der Waals surface area (Å²) in [6, 6.07) is 16.0. The number of carbonyl (C=O) groups is 1. The molecule has 0 radical (unpaired) electrons. The van der Waals surface area contributed by atoms with Crippen LogP contribution in [-0.4, -0.2) is 27.8 Å². The smallest absolute Gasteiger partial charge is 0.317 e. The third-order valence-corrected chi connectivity index (χ3v) is 4.82. The van der Waals surface area contributed by atoms with Gasteiger partial charge in [0.25, 0.3) is 0 Å². The van der Waals surface area contributed by atoms with E-state index < -0.39 is 0 Å². The highest BCUT2D eigenvalue weighted by molar-refractivity contribution is 5.74. The molecule has 6 heteroatoms. The number of urea groups is 1. The molecule has 2 amide bonds. The second-order valence-corrected chi connectivity index (χ2v) is 7.61. The van der Waals surface area contributed by atoms with Gasteiger partial charge in [0.05, 0.1) is 25.3 Å². The quantitative estimate of drug-likeness (QED) is 0.636. The van der Waals surface area contributed by atoms with Crippen LogP contribution in [-0.2, 0) is 13.1 Å². The number of rotatable bonds is 7. The maximum Gasteiger partial charge on any atom is 0.317 e. The summed E-state index contributed by atoms with van der Waals surface area (Å²) < 4.78 is 15.1. The molecule has 5 nitrogen and oxygen atoms in total. The van der Waals surface area contributed by atoms with E-state index in [0.717, 1.165) is 11.1 Å². The number of aromatic nitrogens is 2. The van der Waals surface area contributed by atoms with Crippen molar-refractivity contribution in [2.45, 2.75) is 33.0 Å².